The van der Waals surface area contributed by atoms with Gasteiger partial charge in [0.15, 0.2) is 5.58 Å². The van der Waals surface area contributed by atoms with Gasteiger partial charge in [0.05, 0.1) is 5.75 Å². The van der Waals surface area contributed by atoms with E-state index in [-0.39, 0.29) is 0 Å². The Labute approximate surface area is 94.1 Å². The lowest BCUT2D eigenvalue weighted by Crippen LogP contribution is -1.85. The van der Waals surface area contributed by atoms with Crippen LogP contribution in [0.25, 0.3) is 11.1 Å². The summed E-state index contributed by atoms with van der Waals surface area (Å²) in [6.07, 6.45) is 2.05. The van der Waals surface area contributed by atoms with Gasteiger partial charge in [-0.05, 0) is 29.9 Å². The fraction of sp³-hybridized carbons (Fsp3) is 0.417. The highest BCUT2D eigenvalue weighted by Crippen LogP contribution is 2.23. The molecule has 0 aliphatic heterocycles. The average Bonchev–Trinajstić information content (AvgIpc) is 2.59. The van der Waals surface area contributed by atoms with Gasteiger partial charge in [-0.3, -0.25) is 0 Å². The Morgan fingerprint density at radius 2 is 2.20 bits per heavy atom. The minimum absolute atomic E-state index is 0.531. The van der Waals surface area contributed by atoms with Crippen molar-refractivity contribution in [1.29, 1.82) is 0 Å². The third-order valence-electron chi connectivity index (χ3n) is 2.39. The summed E-state index contributed by atoms with van der Waals surface area (Å²) >= 11 is 1.72. The normalized spacial score (nSPS) is 11.5. The van der Waals surface area contributed by atoms with Gasteiger partial charge in [0.2, 0.25) is 5.89 Å². The van der Waals surface area contributed by atoms with E-state index < -0.39 is 0 Å². The molecule has 2 rings (SSSR count). The molecule has 0 atom stereocenters. The molecule has 0 aliphatic rings. The van der Waals surface area contributed by atoms with E-state index in [1.165, 1.54) is 5.56 Å². The summed E-state index contributed by atoms with van der Waals surface area (Å²) in [5, 5.41) is 0. The largest absolute Gasteiger partial charge is 0.440 e. The van der Waals surface area contributed by atoms with Crippen molar-refractivity contribution in [3.8, 4) is 0 Å². The van der Waals surface area contributed by atoms with Crippen molar-refractivity contribution in [2.24, 2.45) is 0 Å². The van der Waals surface area contributed by atoms with E-state index in [4.69, 9.17) is 4.42 Å². The van der Waals surface area contributed by atoms with Crippen LogP contribution in [0, 0.1) is 0 Å². The molecule has 0 amide bonds. The molecule has 1 aromatic carbocycles. The summed E-state index contributed by atoms with van der Waals surface area (Å²) in [6.45, 7) is 4.36. The first-order chi connectivity index (χ1) is 7.20. The Kier molecular flexibility index (Phi) is 3.00. The Morgan fingerprint density at radius 1 is 1.40 bits per heavy atom. The van der Waals surface area contributed by atoms with Crippen LogP contribution >= 0.6 is 11.8 Å². The molecule has 0 fully saturated rings. The highest BCUT2D eigenvalue weighted by Gasteiger charge is 2.07. The molecule has 0 unspecified atom stereocenters. The first-order valence-corrected chi connectivity index (χ1v) is 6.48. The lowest BCUT2D eigenvalue weighted by Gasteiger charge is -2.02. The zero-order valence-electron chi connectivity index (χ0n) is 9.28. The van der Waals surface area contributed by atoms with Gasteiger partial charge >= 0.3 is 0 Å². The summed E-state index contributed by atoms with van der Waals surface area (Å²) in [6, 6.07) is 6.26. The van der Waals surface area contributed by atoms with Crippen molar-refractivity contribution in [3.05, 3.63) is 29.7 Å². The second kappa shape index (κ2) is 4.27. The summed E-state index contributed by atoms with van der Waals surface area (Å²) in [4.78, 5) is 4.42. The molecule has 0 bridgehead atoms. The van der Waals surface area contributed by atoms with E-state index in [0.29, 0.717) is 5.92 Å². The fourth-order valence-electron chi connectivity index (χ4n) is 1.53. The molecule has 0 saturated carbocycles. The molecule has 80 valence electrons. The van der Waals surface area contributed by atoms with Crippen molar-refractivity contribution in [2.75, 3.05) is 6.26 Å². The second-order valence-electron chi connectivity index (χ2n) is 3.92. The van der Waals surface area contributed by atoms with E-state index in [1.807, 2.05) is 6.07 Å². The van der Waals surface area contributed by atoms with Gasteiger partial charge in [-0.15, -0.1) is 0 Å². The molecular formula is C12H15NOS. The van der Waals surface area contributed by atoms with Gasteiger partial charge in [0, 0.05) is 0 Å². The minimum Gasteiger partial charge on any atom is -0.440 e. The van der Waals surface area contributed by atoms with Crippen LogP contribution in [-0.2, 0) is 5.75 Å². The Bertz CT molecular complexity index is 462. The van der Waals surface area contributed by atoms with Crippen LogP contribution in [0.1, 0.15) is 31.2 Å². The zero-order valence-corrected chi connectivity index (χ0v) is 10.1. The van der Waals surface area contributed by atoms with Crippen molar-refractivity contribution in [1.82, 2.24) is 4.98 Å². The molecule has 0 spiro atoms. The van der Waals surface area contributed by atoms with Gasteiger partial charge in [-0.1, -0.05) is 19.9 Å². The molecule has 2 nitrogen and oxygen atoms in total. The highest BCUT2D eigenvalue weighted by atomic mass is 32.2. The average molecular weight is 221 g/mol. The van der Waals surface area contributed by atoms with Crippen molar-refractivity contribution >= 4 is 22.9 Å². The highest BCUT2D eigenvalue weighted by molar-refractivity contribution is 7.97. The Balaban J connectivity index is 2.43. The predicted octanol–water partition coefficient (Wildman–Crippen LogP) is 3.81. The maximum absolute atomic E-state index is 5.67. The molecule has 0 N–H and O–H groups in total. The summed E-state index contributed by atoms with van der Waals surface area (Å²) in [7, 11) is 0. The predicted molar refractivity (Wildman–Crippen MR) is 65.3 cm³/mol. The first kappa shape index (κ1) is 10.6. The summed E-state index contributed by atoms with van der Waals surface area (Å²) < 4.78 is 5.67. The van der Waals surface area contributed by atoms with Gasteiger partial charge < -0.3 is 4.42 Å². The zero-order chi connectivity index (χ0) is 10.8. The minimum atomic E-state index is 0.531. The third kappa shape index (κ3) is 2.17. The molecule has 1 heterocycles. The van der Waals surface area contributed by atoms with Gasteiger partial charge in [0.1, 0.15) is 5.52 Å². The maximum atomic E-state index is 5.67. The molecule has 3 heteroatoms. The topological polar surface area (TPSA) is 26.0 Å². The van der Waals surface area contributed by atoms with E-state index in [9.17, 15) is 0 Å². The fourth-order valence-corrected chi connectivity index (χ4v) is 1.90. The molecule has 15 heavy (non-hydrogen) atoms. The molecular weight excluding hydrogens is 206 g/mol. The van der Waals surface area contributed by atoms with E-state index in [0.717, 1.165) is 22.7 Å². The first-order valence-electron chi connectivity index (χ1n) is 5.09. The maximum Gasteiger partial charge on any atom is 0.205 e. The van der Waals surface area contributed by atoms with Crippen LogP contribution in [0.5, 0.6) is 0 Å². The second-order valence-corrected chi connectivity index (χ2v) is 4.79. The number of hydrogen-bond acceptors (Lipinski definition) is 3. The van der Waals surface area contributed by atoms with Crippen LogP contribution in [0.15, 0.2) is 22.6 Å². The molecule has 1 aromatic heterocycles. The number of oxazole rings is 1. The number of nitrogens with zero attached hydrogens (tertiary/aromatic N) is 1. The number of thioether (sulfide) groups is 1. The standard InChI is InChI=1S/C12H15NOS/c1-8(2)9-4-5-10-11(6-9)14-12(13-10)7-15-3/h4-6,8H,7H2,1-3H3. The number of benzene rings is 1. The van der Waals surface area contributed by atoms with E-state index in [2.05, 4.69) is 37.2 Å². The lowest BCUT2D eigenvalue weighted by molar-refractivity contribution is 0.556. The summed E-state index contributed by atoms with van der Waals surface area (Å²) in [5.74, 6) is 2.19. The van der Waals surface area contributed by atoms with Gasteiger partial charge in [-0.2, -0.15) is 11.8 Å². The SMILES string of the molecule is CSCc1nc2ccc(C(C)C)cc2o1. The van der Waals surface area contributed by atoms with Crippen LogP contribution in [0.2, 0.25) is 0 Å². The monoisotopic (exact) mass is 221 g/mol. The molecule has 0 radical (unpaired) electrons. The quantitative estimate of drug-likeness (QED) is 0.788. The van der Waals surface area contributed by atoms with Crippen LogP contribution in [0.4, 0.5) is 0 Å². The van der Waals surface area contributed by atoms with E-state index in [1.54, 1.807) is 11.8 Å². The molecule has 2 aromatic rings. The number of rotatable bonds is 3. The molecule has 0 aliphatic carbocycles. The van der Waals surface area contributed by atoms with Gasteiger partial charge in [0.25, 0.3) is 0 Å². The van der Waals surface area contributed by atoms with Crippen LogP contribution < -0.4 is 0 Å². The van der Waals surface area contributed by atoms with Crippen molar-refractivity contribution in [3.63, 3.8) is 0 Å². The van der Waals surface area contributed by atoms with Gasteiger partial charge in [-0.25, -0.2) is 4.98 Å². The van der Waals surface area contributed by atoms with Crippen molar-refractivity contribution in [2.45, 2.75) is 25.5 Å². The Morgan fingerprint density at radius 3 is 2.87 bits per heavy atom. The lowest BCUT2D eigenvalue weighted by atomic mass is 10.0. The van der Waals surface area contributed by atoms with E-state index >= 15 is 0 Å². The number of fused-ring (bicyclic) bond motifs is 1. The number of aromatic nitrogens is 1. The third-order valence-corrected chi connectivity index (χ3v) is 2.93. The smallest absolute Gasteiger partial charge is 0.205 e. The number of hydrogen-bond donors (Lipinski definition) is 0. The van der Waals surface area contributed by atoms with Crippen molar-refractivity contribution < 1.29 is 4.42 Å². The summed E-state index contributed by atoms with van der Waals surface area (Å²) in [5.41, 5.74) is 3.17. The van der Waals surface area contributed by atoms with Crippen LogP contribution in [0.3, 0.4) is 0 Å². The Hall–Kier alpha value is -0.960. The molecule has 0 saturated heterocycles. The van der Waals surface area contributed by atoms with Crippen LogP contribution in [-0.4, -0.2) is 11.2 Å².